The van der Waals surface area contributed by atoms with E-state index < -0.39 is 0 Å². The Morgan fingerprint density at radius 3 is 2.59 bits per heavy atom. The van der Waals surface area contributed by atoms with Gasteiger partial charge >= 0.3 is 0 Å². The van der Waals surface area contributed by atoms with Crippen molar-refractivity contribution in [3.63, 3.8) is 0 Å². The van der Waals surface area contributed by atoms with Crippen molar-refractivity contribution in [3.8, 4) is 17.2 Å². The van der Waals surface area contributed by atoms with Crippen LogP contribution in [0.3, 0.4) is 0 Å². The molecule has 2 aliphatic rings. The van der Waals surface area contributed by atoms with Crippen LogP contribution in [-0.2, 0) is 12.8 Å². The van der Waals surface area contributed by atoms with Crippen molar-refractivity contribution in [2.24, 2.45) is 0 Å². The van der Waals surface area contributed by atoms with Gasteiger partial charge in [-0.1, -0.05) is 38.1 Å². The second kappa shape index (κ2) is 9.66. The molecule has 1 saturated carbocycles. The predicted molar refractivity (Wildman–Crippen MR) is 133 cm³/mol. The molecule has 0 spiro atoms. The summed E-state index contributed by atoms with van der Waals surface area (Å²) in [6.07, 6.45) is 8.93. The molecule has 1 amide bonds. The number of carbonyl (C=O) groups is 1. The van der Waals surface area contributed by atoms with Crippen molar-refractivity contribution in [1.29, 1.82) is 0 Å². The molecule has 3 aromatic rings. The number of aromatic nitrogens is 4. The Morgan fingerprint density at radius 1 is 1.06 bits per heavy atom. The highest BCUT2D eigenvalue weighted by Gasteiger charge is 2.34. The first-order valence-corrected chi connectivity index (χ1v) is 12.6. The topological polar surface area (TPSA) is 67.2 Å². The molecule has 0 aliphatic heterocycles. The first kappa shape index (κ1) is 22.7. The van der Waals surface area contributed by atoms with Crippen LogP contribution in [0.5, 0.6) is 0 Å². The lowest BCUT2D eigenvalue weighted by atomic mass is 10.0. The summed E-state index contributed by atoms with van der Waals surface area (Å²) >= 11 is 0. The molecule has 0 unspecified atom stereocenters. The van der Waals surface area contributed by atoms with Crippen LogP contribution in [0.4, 0.5) is 0 Å². The standard InChI is InChI=1S/C27H34N6O/c1-4-32(5-2)16-15-31(3)26(34)23-18-29-33(25(23)20-13-14-20)27-28-17-21-11-8-10-19-9-6-7-12-22(19)24(21)30-27/h6-7,9,12,17-18,20H,4-5,8,10-11,13-16H2,1-3H3. The van der Waals surface area contributed by atoms with Gasteiger partial charge in [-0.05, 0) is 56.3 Å². The summed E-state index contributed by atoms with van der Waals surface area (Å²) < 4.78 is 1.82. The van der Waals surface area contributed by atoms with Crippen LogP contribution >= 0.6 is 0 Å². The van der Waals surface area contributed by atoms with E-state index in [-0.39, 0.29) is 5.91 Å². The molecule has 0 radical (unpaired) electrons. The van der Waals surface area contributed by atoms with Gasteiger partial charge in [0.15, 0.2) is 0 Å². The minimum atomic E-state index is 0.0282. The number of nitrogens with zero attached hydrogens (tertiary/aromatic N) is 6. The Labute approximate surface area is 201 Å². The van der Waals surface area contributed by atoms with E-state index in [0.29, 0.717) is 24.0 Å². The zero-order chi connectivity index (χ0) is 23.7. The predicted octanol–water partition coefficient (Wildman–Crippen LogP) is 4.11. The van der Waals surface area contributed by atoms with Gasteiger partial charge in [-0.15, -0.1) is 0 Å². The SMILES string of the molecule is CCN(CC)CCN(C)C(=O)c1cnn(-c2ncc3c(n2)-c2ccccc2CCC3)c1C1CC1. The third-order valence-electron chi connectivity index (χ3n) is 7.20. The number of benzene rings is 1. The van der Waals surface area contributed by atoms with E-state index in [1.165, 1.54) is 16.7 Å². The molecule has 1 aromatic carbocycles. The molecule has 0 saturated heterocycles. The maximum absolute atomic E-state index is 13.4. The molecule has 2 aromatic heterocycles. The number of rotatable bonds is 8. The van der Waals surface area contributed by atoms with Gasteiger partial charge in [0.1, 0.15) is 0 Å². The van der Waals surface area contributed by atoms with E-state index in [9.17, 15) is 4.79 Å². The number of amides is 1. The van der Waals surface area contributed by atoms with E-state index in [1.807, 2.05) is 22.8 Å². The normalized spacial score (nSPS) is 15.1. The molecule has 1 fully saturated rings. The van der Waals surface area contributed by atoms with Gasteiger partial charge in [0.05, 0.1) is 23.1 Å². The van der Waals surface area contributed by atoms with Crippen molar-refractivity contribution in [2.45, 2.75) is 51.9 Å². The van der Waals surface area contributed by atoms with Gasteiger partial charge in [-0.3, -0.25) is 4.79 Å². The van der Waals surface area contributed by atoms with Crippen molar-refractivity contribution in [3.05, 3.63) is 59.0 Å². The fourth-order valence-corrected chi connectivity index (χ4v) is 4.92. The van der Waals surface area contributed by atoms with Crippen LogP contribution < -0.4 is 0 Å². The molecular formula is C27H34N6O. The summed E-state index contributed by atoms with van der Waals surface area (Å²) in [7, 11) is 1.88. The number of fused-ring (bicyclic) bond motifs is 3. The minimum Gasteiger partial charge on any atom is -0.340 e. The highest BCUT2D eigenvalue weighted by atomic mass is 16.2. The highest BCUT2D eigenvalue weighted by Crippen LogP contribution is 2.42. The van der Waals surface area contributed by atoms with Gasteiger partial charge in [-0.25, -0.2) is 14.6 Å². The molecule has 178 valence electrons. The van der Waals surface area contributed by atoms with Gasteiger partial charge in [0.25, 0.3) is 11.9 Å². The molecule has 7 nitrogen and oxygen atoms in total. The summed E-state index contributed by atoms with van der Waals surface area (Å²) in [4.78, 5) is 27.3. The van der Waals surface area contributed by atoms with Crippen LogP contribution in [0.1, 0.15) is 66.2 Å². The summed E-state index contributed by atoms with van der Waals surface area (Å²) in [6, 6.07) is 8.52. The molecular weight excluding hydrogens is 424 g/mol. The molecule has 34 heavy (non-hydrogen) atoms. The quantitative estimate of drug-likeness (QED) is 0.508. The number of hydrogen-bond donors (Lipinski definition) is 0. The molecule has 7 heteroatoms. The first-order chi connectivity index (χ1) is 16.6. The van der Waals surface area contributed by atoms with Crippen molar-refractivity contribution in [1.82, 2.24) is 29.5 Å². The van der Waals surface area contributed by atoms with Crippen molar-refractivity contribution >= 4 is 5.91 Å². The minimum absolute atomic E-state index is 0.0282. The third kappa shape index (κ3) is 4.37. The number of hydrogen-bond acceptors (Lipinski definition) is 5. The van der Waals surface area contributed by atoms with Gasteiger partial charge in [-0.2, -0.15) is 5.10 Å². The Bertz CT molecular complexity index is 1180. The lowest BCUT2D eigenvalue weighted by Gasteiger charge is -2.23. The molecule has 0 N–H and O–H groups in total. The van der Waals surface area contributed by atoms with Crippen LogP contribution in [-0.4, -0.2) is 68.7 Å². The average molecular weight is 459 g/mol. The zero-order valence-corrected chi connectivity index (χ0v) is 20.5. The second-order valence-corrected chi connectivity index (χ2v) is 9.44. The Kier molecular flexibility index (Phi) is 6.46. The Morgan fingerprint density at radius 2 is 1.82 bits per heavy atom. The maximum atomic E-state index is 13.4. The van der Waals surface area contributed by atoms with Gasteiger partial charge < -0.3 is 9.80 Å². The van der Waals surface area contributed by atoms with E-state index >= 15 is 0 Å². The number of carbonyl (C=O) groups excluding carboxylic acids is 1. The summed E-state index contributed by atoms with van der Waals surface area (Å²) in [5, 5.41) is 4.64. The summed E-state index contributed by atoms with van der Waals surface area (Å²) in [5.74, 6) is 0.926. The largest absolute Gasteiger partial charge is 0.340 e. The highest BCUT2D eigenvalue weighted by molar-refractivity contribution is 5.95. The Hall–Kier alpha value is -3.06. The van der Waals surface area contributed by atoms with E-state index in [1.54, 1.807) is 6.20 Å². The van der Waals surface area contributed by atoms with Crippen LogP contribution in [0.2, 0.25) is 0 Å². The first-order valence-electron chi connectivity index (χ1n) is 12.6. The van der Waals surface area contributed by atoms with Crippen molar-refractivity contribution < 1.29 is 4.79 Å². The molecule has 0 atom stereocenters. The second-order valence-electron chi connectivity index (χ2n) is 9.44. The Balaban J connectivity index is 1.48. The third-order valence-corrected chi connectivity index (χ3v) is 7.20. The van der Waals surface area contributed by atoms with Crippen LogP contribution in [0.15, 0.2) is 36.7 Å². The van der Waals surface area contributed by atoms with Gasteiger partial charge in [0.2, 0.25) is 0 Å². The zero-order valence-electron chi connectivity index (χ0n) is 20.5. The van der Waals surface area contributed by atoms with Crippen LogP contribution in [0, 0.1) is 0 Å². The lowest BCUT2D eigenvalue weighted by molar-refractivity contribution is 0.0778. The summed E-state index contributed by atoms with van der Waals surface area (Å²) in [6.45, 7) is 7.85. The molecule has 5 rings (SSSR count). The average Bonchev–Trinajstić information content (AvgIpc) is 3.65. The number of aryl methyl sites for hydroxylation is 2. The van der Waals surface area contributed by atoms with E-state index in [4.69, 9.17) is 9.97 Å². The fourth-order valence-electron chi connectivity index (χ4n) is 4.92. The maximum Gasteiger partial charge on any atom is 0.257 e. The van der Waals surface area contributed by atoms with E-state index in [2.05, 4.69) is 48.1 Å². The molecule has 2 aliphatic carbocycles. The van der Waals surface area contributed by atoms with Gasteiger partial charge in [0, 0.05) is 37.8 Å². The van der Waals surface area contributed by atoms with E-state index in [0.717, 1.165) is 63.1 Å². The van der Waals surface area contributed by atoms with Crippen LogP contribution in [0.25, 0.3) is 17.2 Å². The summed E-state index contributed by atoms with van der Waals surface area (Å²) in [5.41, 5.74) is 6.34. The number of likely N-dealkylation sites (N-methyl/N-ethyl adjacent to an activating group) is 2. The fraction of sp³-hybridized carbons (Fsp3) is 0.481. The molecule has 2 heterocycles. The molecule has 0 bridgehead atoms. The monoisotopic (exact) mass is 458 g/mol. The lowest BCUT2D eigenvalue weighted by Crippen LogP contribution is -2.36. The van der Waals surface area contributed by atoms with Crippen molar-refractivity contribution in [2.75, 3.05) is 33.2 Å². The smallest absolute Gasteiger partial charge is 0.257 e.